The minimum Gasteiger partial charge on any atom is -0.308 e. The van der Waals surface area contributed by atoms with Gasteiger partial charge in [-0.25, -0.2) is 13.2 Å². The van der Waals surface area contributed by atoms with Crippen LogP contribution in [-0.4, -0.2) is 7.05 Å². The molecule has 0 spiro atoms. The molecule has 1 aromatic heterocycles. The summed E-state index contributed by atoms with van der Waals surface area (Å²) in [6.45, 7) is 0. The molecular weight excluding hydrogens is 407 g/mol. The van der Waals surface area contributed by atoms with Crippen molar-refractivity contribution in [2.45, 2.75) is 6.04 Å². The van der Waals surface area contributed by atoms with Crippen LogP contribution in [0.15, 0.2) is 26.5 Å². The first kappa shape index (κ1) is 15.0. The second-order valence-corrected chi connectivity index (χ2v) is 7.03. The zero-order chi connectivity index (χ0) is 14.2. The van der Waals surface area contributed by atoms with Crippen molar-refractivity contribution in [1.29, 1.82) is 0 Å². The van der Waals surface area contributed by atoms with Crippen LogP contribution in [0.2, 0.25) is 0 Å². The standard InChI is InChI=1S/C12H8Br2F3NS/c1-18-11(9-4-6(13)12(14)19-9)10-7(16)2-5(15)3-8(10)17/h2-4,11,18H,1H3. The van der Waals surface area contributed by atoms with E-state index in [1.165, 1.54) is 11.3 Å². The highest BCUT2D eigenvalue weighted by Gasteiger charge is 2.24. The van der Waals surface area contributed by atoms with Crippen LogP contribution < -0.4 is 5.32 Å². The predicted molar refractivity (Wildman–Crippen MR) is 76.9 cm³/mol. The Balaban J connectivity index is 2.54. The molecule has 1 unspecified atom stereocenters. The lowest BCUT2D eigenvalue weighted by atomic mass is 10.0. The van der Waals surface area contributed by atoms with Crippen LogP contribution in [0.4, 0.5) is 13.2 Å². The van der Waals surface area contributed by atoms with Crippen LogP contribution in [0, 0.1) is 17.5 Å². The Morgan fingerprint density at radius 3 is 2.11 bits per heavy atom. The topological polar surface area (TPSA) is 12.0 Å². The Bertz CT molecular complexity index is 573. The van der Waals surface area contributed by atoms with E-state index in [1.54, 1.807) is 13.1 Å². The van der Waals surface area contributed by atoms with Gasteiger partial charge in [-0.1, -0.05) is 0 Å². The maximum atomic E-state index is 13.8. The predicted octanol–water partition coefficient (Wildman–Crippen LogP) is 5.00. The molecule has 1 nitrogen and oxygen atoms in total. The number of hydrogen-bond donors (Lipinski definition) is 1. The number of rotatable bonds is 3. The zero-order valence-electron chi connectivity index (χ0n) is 9.61. The van der Waals surface area contributed by atoms with Gasteiger partial charge in [0.2, 0.25) is 0 Å². The number of nitrogens with one attached hydrogen (secondary N) is 1. The summed E-state index contributed by atoms with van der Waals surface area (Å²) >= 11 is 8.00. The van der Waals surface area contributed by atoms with Crippen LogP contribution in [0.3, 0.4) is 0 Å². The second kappa shape index (κ2) is 5.95. The molecule has 0 saturated carbocycles. The number of thiophene rings is 1. The van der Waals surface area contributed by atoms with Gasteiger partial charge >= 0.3 is 0 Å². The average molecular weight is 415 g/mol. The van der Waals surface area contributed by atoms with E-state index >= 15 is 0 Å². The quantitative estimate of drug-likeness (QED) is 0.745. The molecule has 0 aliphatic carbocycles. The van der Waals surface area contributed by atoms with E-state index in [4.69, 9.17) is 0 Å². The molecule has 0 fully saturated rings. The lowest BCUT2D eigenvalue weighted by molar-refractivity contribution is 0.502. The van der Waals surface area contributed by atoms with Crippen molar-refractivity contribution in [2.75, 3.05) is 7.05 Å². The molecule has 1 heterocycles. The number of halogens is 5. The third kappa shape index (κ3) is 3.04. The minimum absolute atomic E-state index is 0.190. The first-order valence-electron chi connectivity index (χ1n) is 5.20. The van der Waals surface area contributed by atoms with Crippen LogP contribution in [-0.2, 0) is 0 Å². The van der Waals surface area contributed by atoms with Gasteiger partial charge in [0.25, 0.3) is 0 Å². The molecule has 0 aliphatic rings. The van der Waals surface area contributed by atoms with Crippen molar-refractivity contribution >= 4 is 43.2 Å². The summed E-state index contributed by atoms with van der Waals surface area (Å²) in [5.74, 6) is -2.74. The average Bonchev–Trinajstić information content (AvgIpc) is 2.63. The number of hydrogen-bond acceptors (Lipinski definition) is 2. The fraction of sp³-hybridized carbons (Fsp3) is 0.167. The van der Waals surface area contributed by atoms with Gasteiger partial charge in [0.05, 0.1) is 9.83 Å². The zero-order valence-corrected chi connectivity index (χ0v) is 13.6. The SMILES string of the molecule is CNC(c1cc(Br)c(Br)s1)c1c(F)cc(F)cc1F. The first-order chi connectivity index (χ1) is 8.93. The van der Waals surface area contributed by atoms with Gasteiger partial charge in [0.15, 0.2) is 0 Å². The Morgan fingerprint density at radius 1 is 1.11 bits per heavy atom. The molecule has 0 radical (unpaired) electrons. The van der Waals surface area contributed by atoms with E-state index in [9.17, 15) is 13.2 Å². The molecule has 2 aromatic rings. The van der Waals surface area contributed by atoms with E-state index in [2.05, 4.69) is 37.2 Å². The van der Waals surface area contributed by atoms with Crippen molar-refractivity contribution in [3.63, 3.8) is 0 Å². The molecule has 2 rings (SSSR count). The van der Waals surface area contributed by atoms with Crippen molar-refractivity contribution in [1.82, 2.24) is 5.32 Å². The summed E-state index contributed by atoms with van der Waals surface area (Å²) < 4.78 is 42.2. The highest BCUT2D eigenvalue weighted by atomic mass is 79.9. The molecular formula is C12H8Br2F3NS. The summed E-state index contributed by atoms with van der Waals surface area (Å²) in [6, 6.07) is 2.45. The highest BCUT2D eigenvalue weighted by molar-refractivity contribution is 9.13. The molecule has 1 N–H and O–H groups in total. The summed E-state index contributed by atoms with van der Waals surface area (Å²) in [7, 11) is 1.59. The minimum atomic E-state index is -0.929. The summed E-state index contributed by atoms with van der Waals surface area (Å²) in [5.41, 5.74) is -0.190. The second-order valence-electron chi connectivity index (χ2n) is 3.78. The van der Waals surface area contributed by atoms with Crippen LogP contribution in [0.5, 0.6) is 0 Å². The molecule has 19 heavy (non-hydrogen) atoms. The Kier molecular flexibility index (Phi) is 4.70. The molecule has 1 atom stereocenters. The van der Waals surface area contributed by atoms with Crippen LogP contribution in [0.1, 0.15) is 16.5 Å². The maximum Gasteiger partial charge on any atom is 0.134 e. The Hall–Kier alpha value is -0.370. The third-order valence-electron chi connectivity index (χ3n) is 2.57. The Morgan fingerprint density at radius 2 is 1.68 bits per heavy atom. The molecule has 0 saturated heterocycles. The molecule has 0 amide bonds. The Labute approximate surface area is 129 Å². The molecule has 1 aromatic carbocycles. The van der Waals surface area contributed by atoms with Crippen LogP contribution >= 0.6 is 43.2 Å². The van der Waals surface area contributed by atoms with E-state index < -0.39 is 23.5 Å². The van der Waals surface area contributed by atoms with Gasteiger partial charge in [-0.2, -0.15) is 0 Å². The van der Waals surface area contributed by atoms with E-state index in [-0.39, 0.29) is 5.56 Å². The highest BCUT2D eigenvalue weighted by Crippen LogP contribution is 2.38. The first-order valence-corrected chi connectivity index (χ1v) is 7.60. The van der Waals surface area contributed by atoms with E-state index in [0.29, 0.717) is 17.0 Å². The lowest BCUT2D eigenvalue weighted by Crippen LogP contribution is -2.19. The smallest absolute Gasteiger partial charge is 0.134 e. The van der Waals surface area contributed by atoms with Crippen molar-refractivity contribution < 1.29 is 13.2 Å². The fourth-order valence-corrected chi connectivity index (χ4v) is 3.97. The van der Waals surface area contributed by atoms with Gasteiger partial charge in [0.1, 0.15) is 17.5 Å². The third-order valence-corrected chi connectivity index (χ3v) is 5.89. The van der Waals surface area contributed by atoms with Gasteiger partial charge in [0, 0.05) is 27.0 Å². The molecule has 102 valence electrons. The normalized spacial score (nSPS) is 12.7. The maximum absolute atomic E-state index is 13.8. The van der Waals surface area contributed by atoms with Gasteiger partial charge in [-0.15, -0.1) is 11.3 Å². The van der Waals surface area contributed by atoms with E-state index in [1.807, 2.05) is 0 Å². The van der Waals surface area contributed by atoms with Crippen molar-refractivity contribution in [3.05, 3.63) is 54.4 Å². The molecule has 7 heteroatoms. The number of benzene rings is 1. The molecule has 0 aliphatic heterocycles. The van der Waals surface area contributed by atoms with E-state index in [0.717, 1.165) is 8.26 Å². The summed E-state index contributed by atoms with van der Waals surface area (Å²) in [5, 5.41) is 2.84. The van der Waals surface area contributed by atoms with Crippen molar-refractivity contribution in [3.8, 4) is 0 Å². The summed E-state index contributed by atoms with van der Waals surface area (Å²) in [4.78, 5) is 0.714. The lowest BCUT2D eigenvalue weighted by Gasteiger charge is -2.16. The molecule has 0 bridgehead atoms. The van der Waals surface area contributed by atoms with Crippen LogP contribution in [0.25, 0.3) is 0 Å². The monoisotopic (exact) mass is 413 g/mol. The van der Waals surface area contributed by atoms with Crippen molar-refractivity contribution in [2.24, 2.45) is 0 Å². The van der Waals surface area contributed by atoms with Gasteiger partial charge in [-0.3, -0.25) is 0 Å². The van der Waals surface area contributed by atoms with Gasteiger partial charge in [-0.05, 0) is 45.0 Å². The van der Waals surface area contributed by atoms with Gasteiger partial charge < -0.3 is 5.32 Å². The fourth-order valence-electron chi connectivity index (χ4n) is 1.76. The largest absolute Gasteiger partial charge is 0.308 e. The summed E-state index contributed by atoms with van der Waals surface area (Å²) in [6.07, 6.45) is 0.